The summed E-state index contributed by atoms with van der Waals surface area (Å²) in [7, 11) is 2.01. The molecule has 6 heteroatoms. The molecular formula is C20H18ClN3O2. The van der Waals surface area contributed by atoms with Crippen molar-refractivity contribution >= 4 is 23.6 Å². The predicted octanol–water partition coefficient (Wildman–Crippen LogP) is 4.43. The van der Waals surface area contributed by atoms with Gasteiger partial charge in [0.1, 0.15) is 12.3 Å². The van der Waals surface area contributed by atoms with Crippen LogP contribution in [-0.2, 0) is 11.8 Å². The van der Waals surface area contributed by atoms with Gasteiger partial charge in [-0.2, -0.15) is 0 Å². The highest BCUT2D eigenvalue weighted by Crippen LogP contribution is 2.42. The Balaban J connectivity index is 2.05. The van der Waals surface area contributed by atoms with Crippen molar-refractivity contribution in [3.63, 3.8) is 0 Å². The first kappa shape index (κ1) is 16.8. The van der Waals surface area contributed by atoms with Crippen molar-refractivity contribution in [2.45, 2.75) is 26.3 Å². The molecule has 0 saturated carbocycles. The highest BCUT2D eigenvalue weighted by molar-refractivity contribution is 6.30. The number of aliphatic imine (C=N–C) groups is 1. The number of aryl methyl sites for hydroxylation is 2. The SMILES string of the molecule is Cc1noc2c1-c1cn(C)c(C)c1C(c1ccc(Cl)cc1)=N[C@H]2CC=O. The molecule has 4 rings (SSSR count). The van der Waals surface area contributed by atoms with Crippen LogP contribution in [0.3, 0.4) is 0 Å². The predicted molar refractivity (Wildman–Crippen MR) is 101 cm³/mol. The third-order valence-electron chi connectivity index (χ3n) is 4.90. The summed E-state index contributed by atoms with van der Waals surface area (Å²) in [5.41, 5.74) is 6.69. The van der Waals surface area contributed by atoms with Gasteiger partial charge in [-0.25, -0.2) is 0 Å². The van der Waals surface area contributed by atoms with E-state index in [9.17, 15) is 4.79 Å². The standard InChI is InChI=1S/C20H18ClN3O2/c1-11-17-15-10-24(3)12(2)18(15)19(13-4-6-14(21)7-5-13)22-16(8-9-25)20(17)26-23-11/h4-7,9-10,16H,8H2,1-3H3/t16-/m0/s1. The fourth-order valence-electron chi connectivity index (χ4n) is 3.51. The molecule has 3 heterocycles. The fraction of sp³-hybridized carbons (Fsp3) is 0.250. The minimum Gasteiger partial charge on any atom is -0.358 e. The van der Waals surface area contributed by atoms with Gasteiger partial charge in [-0.3, -0.25) is 4.99 Å². The lowest BCUT2D eigenvalue weighted by atomic mass is 9.95. The number of hydrogen-bond acceptors (Lipinski definition) is 4. The Labute approximate surface area is 156 Å². The summed E-state index contributed by atoms with van der Waals surface area (Å²) >= 11 is 6.06. The minimum absolute atomic E-state index is 0.244. The maximum absolute atomic E-state index is 11.3. The molecule has 0 saturated heterocycles. The fourth-order valence-corrected chi connectivity index (χ4v) is 3.64. The lowest BCUT2D eigenvalue weighted by Crippen LogP contribution is -2.08. The van der Waals surface area contributed by atoms with Crippen molar-refractivity contribution in [2.24, 2.45) is 12.0 Å². The average Bonchev–Trinajstić information content (AvgIpc) is 3.09. The smallest absolute Gasteiger partial charge is 0.169 e. The Morgan fingerprint density at radius 2 is 1.96 bits per heavy atom. The minimum atomic E-state index is -0.397. The van der Waals surface area contributed by atoms with Crippen LogP contribution in [0.2, 0.25) is 5.02 Å². The maximum atomic E-state index is 11.3. The lowest BCUT2D eigenvalue weighted by Gasteiger charge is -2.11. The normalized spacial score (nSPS) is 15.8. The van der Waals surface area contributed by atoms with Gasteiger partial charge in [-0.1, -0.05) is 28.9 Å². The molecule has 0 radical (unpaired) electrons. The summed E-state index contributed by atoms with van der Waals surface area (Å²) in [4.78, 5) is 16.2. The number of carbonyl (C=O) groups is 1. The molecule has 3 aromatic rings. The van der Waals surface area contributed by atoms with E-state index in [4.69, 9.17) is 21.1 Å². The average molecular weight is 368 g/mol. The number of nitrogens with zero attached hydrogens (tertiary/aromatic N) is 3. The summed E-state index contributed by atoms with van der Waals surface area (Å²) < 4.78 is 7.67. The lowest BCUT2D eigenvalue weighted by molar-refractivity contribution is -0.108. The molecule has 1 aromatic carbocycles. The number of carbonyl (C=O) groups excluding carboxylic acids is 1. The summed E-state index contributed by atoms with van der Waals surface area (Å²) in [6, 6.07) is 7.20. The van der Waals surface area contributed by atoms with Gasteiger partial charge >= 0.3 is 0 Å². The molecule has 26 heavy (non-hydrogen) atoms. The van der Waals surface area contributed by atoms with E-state index in [0.29, 0.717) is 10.8 Å². The van der Waals surface area contributed by atoms with E-state index < -0.39 is 6.04 Å². The Hall–Kier alpha value is -2.66. The zero-order chi connectivity index (χ0) is 18.4. The molecule has 132 valence electrons. The summed E-state index contributed by atoms with van der Waals surface area (Å²) in [5, 5.41) is 4.80. The second-order valence-electron chi connectivity index (χ2n) is 6.52. The molecule has 0 aliphatic carbocycles. The largest absolute Gasteiger partial charge is 0.358 e. The van der Waals surface area contributed by atoms with E-state index in [0.717, 1.165) is 45.6 Å². The third kappa shape index (κ3) is 2.51. The van der Waals surface area contributed by atoms with Gasteiger partial charge in [0.15, 0.2) is 5.76 Å². The monoisotopic (exact) mass is 367 g/mol. The number of fused-ring (bicyclic) bond motifs is 3. The van der Waals surface area contributed by atoms with Gasteiger partial charge in [0.2, 0.25) is 0 Å². The van der Waals surface area contributed by atoms with Crippen LogP contribution in [0.5, 0.6) is 0 Å². The van der Waals surface area contributed by atoms with Gasteiger partial charge in [-0.15, -0.1) is 0 Å². The molecule has 0 spiro atoms. The molecule has 0 bridgehead atoms. The molecule has 5 nitrogen and oxygen atoms in total. The first-order valence-corrected chi connectivity index (χ1v) is 8.79. The zero-order valence-electron chi connectivity index (χ0n) is 14.8. The van der Waals surface area contributed by atoms with Crippen molar-refractivity contribution in [1.82, 2.24) is 9.72 Å². The first-order valence-electron chi connectivity index (χ1n) is 8.41. The van der Waals surface area contributed by atoms with E-state index in [1.165, 1.54) is 0 Å². The zero-order valence-corrected chi connectivity index (χ0v) is 15.5. The van der Waals surface area contributed by atoms with Crippen LogP contribution in [0.1, 0.15) is 40.7 Å². The van der Waals surface area contributed by atoms with E-state index in [1.54, 1.807) is 0 Å². The molecule has 0 fully saturated rings. The van der Waals surface area contributed by atoms with Gasteiger partial charge in [0.25, 0.3) is 0 Å². The van der Waals surface area contributed by atoms with Crippen LogP contribution in [-0.4, -0.2) is 21.7 Å². The summed E-state index contributed by atoms with van der Waals surface area (Å²) in [6.45, 7) is 3.98. The molecular weight excluding hydrogens is 350 g/mol. The van der Waals surface area contributed by atoms with Crippen LogP contribution in [0.25, 0.3) is 11.1 Å². The van der Waals surface area contributed by atoms with Crippen LogP contribution in [0.4, 0.5) is 0 Å². The van der Waals surface area contributed by atoms with E-state index in [2.05, 4.69) is 22.8 Å². The molecule has 1 atom stereocenters. The van der Waals surface area contributed by atoms with E-state index in [-0.39, 0.29) is 6.42 Å². The van der Waals surface area contributed by atoms with Gasteiger partial charge in [-0.05, 0) is 26.0 Å². The third-order valence-corrected chi connectivity index (χ3v) is 5.15. The highest BCUT2D eigenvalue weighted by atomic mass is 35.5. The van der Waals surface area contributed by atoms with E-state index in [1.807, 2.05) is 38.2 Å². The second-order valence-corrected chi connectivity index (χ2v) is 6.96. The van der Waals surface area contributed by atoms with Gasteiger partial charge in [0.05, 0.1) is 17.0 Å². The van der Waals surface area contributed by atoms with Crippen molar-refractivity contribution in [3.05, 3.63) is 63.8 Å². The molecule has 1 aliphatic rings. The van der Waals surface area contributed by atoms with Crippen LogP contribution < -0.4 is 0 Å². The van der Waals surface area contributed by atoms with Gasteiger partial charge in [0, 0.05) is 47.1 Å². The van der Waals surface area contributed by atoms with E-state index >= 15 is 0 Å². The van der Waals surface area contributed by atoms with Crippen LogP contribution in [0, 0.1) is 13.8 Å². The highest BCUT2D eigenvalue weighted by Gasteiger charge is 2.32. The number of aromatic nitrogens is 2. The molecule has 0 N–H and O–H groups in total. The Kier molecular flexibility index (Phi) is 4.04. The summed E-state index contributed by atoms with van der Waals surface area (Å²) in [5.74, 6) is 0.644. The van der Waals surface area contributed by atoms with Crippen LogP contribution in [0.15, 0.2) is 40.0 Å². The Morgan fingerprint density at radius 3 is 2.65 bits per heavy atom. The molecule has 0 amide bonds. The number of halogens is 1. The molecule has 2 aromatic heterocycles. The van der Waals surface area contributed by atoms with Crippen LogP contribution >= 0.6 is 11.6 Å². The van der Waals surface area contributed by atoms with Crippen molar-refractivity contribution in [2.75, 3.05) is 0 Å². The topological polar surface area (TPSA) is 60.4 Å². The van der Waals surface area contributed by atoms with Gasteiger partial charge < -0.3 is 13.9 Å². The maximum Gasteiger partial charge on any atom is 0.169 e. The Bertz CT molecular complexity index is 1030. The first-order chi connectivity index (χ1) is 12.5. The van der Waals surface area contributed by atoms with Crippen molar-refractivity contribution in [1.29, 1.82) is 0 Å². The number of aldehydes is 1. The second kappa shape index (κ2) is 6.25. The number of hydrogen-bond donors (Lipinski definition) is 0. The van der Waals surface area contributed by atoms with Crippen molar-refractivity contribution < 1.29 is 9.32 Å². The molecule has 0 unspecified atom stereocenters. The summed E-state index contributed by atoms with van der Waals surface area (Å²) in [6.07, 6.45) is 3.19. The Morgan fingerprint density at radius 1 is 1.23 bits per heavy atom. The number of rotatable bonds is 3. The molecule has 1 aliphatic heterocycles. The van der Waals surface area contributed by atoms with Crippen molar-refractivity contribution in [3.8, 4) is 11.1 Å². The number of benzene rings is 1. The quantitative estimate of drug-likeness (QED) is 0.643.